The van der Waals surface area contributed by atoms with Gasteiger partial charge in [0, 0.05) is 30.4 Å². The lowest BCUT2D eigenvalue weighted by Gasteiger charge is -2.35. The average Bonchev–Trinajstić information content (AvgIpc) is 3.17. The molecule has 5 heterocycles. The lowest BCUT2D eigenvalue weighted by Crippen LogP contribution is -2.42. The van der Waals surface area contributed by atoms with Crippen LogP contribution in [0.25, 0.3) is 11.0 Å². The molecule has 1 fully saturated rings. The third-order valence-electron chi connectivity index (χ3n) is 5.08. The first-order valence-electron chi connectivity index (χ1n) is 8.15. The fourth-order valence-electron chi connectivity index (χ4n) is 4.07. The molecule has 5 rings (SSSR count). The van der Waals surface area contributed by atoms with E-state index < -0.39 is 0 Å². The first-order chi connectivity index (χ1) is 11.7. The van der Waals surface area contributed by atoms with Crippen LogP contribution in [0.2, 0.25) is 0 Å². The molecule has 2 unspecified atom stereocenters. The van der Waals surface area contributed by atoms with Crippen molar-refractivity contribution in [3.05, 3.63) is 47.6 Å². The monoisotopic (exact) mass is 320 g/mol. The second kappa shape index (κ2) is 4.83. The second-order valence-electron chi connectivity index (χ2n) is 6.45. The molecular formula is C17H16N6O. The third-order valence-corrected chi connectivity index (χ3v) is 5.08. The van der Waals surface area contributed by atoms with Crippen molar-refractivity contribution in [3.63, 3.8) is 0 Å². The molecule has 7 heteroatoms. The van der Waals surface area contributed by atoms with Gasteiger partial charge in [-0.25, -0.2) is 19.9 Å². The molecule has 0 saturated carbocycles. The van der Waals surface area contributed by atoms with E-state index in [4.69, 9.17) is 0 Å². The molecule has 2 aliphatic heterocycles. The molecule has 0 radical (unpaired) electrons. The number of amides is 1. The Morgan fingerprint density at radius 2 is 2.25 bits per heavy atom. The van der Waals surface area contributed by atoms with Gasteiger partial charge >= 0.3 is 0 Å². The molecule has 0 spiro atoms. The van der Waals surface area contributed by atoms with Gasteiger partial charge in [-0.05, 0) is 25.8 Å². The fraction of sp³-hybridized carbons (Fsp3) is 0.353. The third kappa shape index (κ3) is 1.81. The lowest BCUT2D eigenvalue weighted by molar-refractivity contribution is 0.0639. The summed E-state index contributed by atoms with van der Waals surface area (Å²) >= 11 is 0. The number of aryl methyl sites for hydroxylation is 1. The van der Waals surface area contributed by atoms with E-state index in [2.05, 4.69) is 24.9 Å². The van der Waals surface area contributed by atoms with Crippen LogP contribution in [0.15, 0.2) is 24.8 Å². The number of aromatic nitrogens is 5. The van der Waals surface area contributed by atoms with E-state index in [1.807, 2.05) is 24.1 Å². The smallest absolute Gasteiger partial charge is 0.274 e. The molecule has 1 N–H and O–H groups in total. The van der Waals surface area contributed by atoms with Crippen LogP contribution in [-0.2, 0) is 6.42 Å². The Morgan fingerprint density at radius 3 is 3.17 bits per heavy atom. The summed E-state index contributed by atoms with van der Waals surface area (Å²) in [5.41, 5.74) is 3.35. The molecule has 0 aromatic carbocycles. The van der Waals surface area contributed by atoms with Gasteiger partial charge in [0.15, 0.2) is 0 Å². The topological polar surface area (TPSA) is 87.7 Å². The lowest BCUT2D eigenvalue weighted by atomic mass is 9.98. The van der Waals surface area contributed by atoms with Crippen molar-refractivity contribution < 1.29 is 4.79 Å². The standard InChI is InChI=1S/C17H16N6O/c1-9-21-15(11-4-5-19-16(11)22-9)17(24)23-10-2-3-14(23)12-7-18-8-20-13(12)6-10/h4-5,7-8,10,14H,2-3,6H2,1H3,(H,19,21,22). The number of carbonyl (C=O) groups is 1. The fourth-order valence-corrected chi connectivity index (χ4v) is 4.07. The number of aromatic amines is 1. The van der Waals surface area contributed by atoms with Gasteiger partial charge in [-0.3, -0.25) is 4.79 Å². The zero-order valence-corrected chi connectivity index (χ0v) is 13.2. The van der Waals surface area contributed by atoms with Gasteiger partial charge in [-0.1, -0.05) is 0 Å². The van der Waals surface area contributed by atoms with Crippen LogP contribution in [-0.4, -0.2) is 41.8 Å². The molecule has 1 saturated heterocycles. The predicted molar refractivity (Wildman–Crippen MR) is 86.3 cm³/mol. The number of carbonyl (C=O) groups excluding carboxylic acids is 1. The van der Waals surface area contributed by atoms with Crippen LogP contribution in [0.3, 0.4) is 0 Å². The number of H-pyrrole nitrogens is 1. The maximum atomic E-state index is 13.3. The van der Waals surface area contributed by atoms with Crippen LogP contribution in [0.4, 0.5) is 0 Å². The van der Waals surface area contributed by atoms with E-state index in [9.17, 15) is 4.79 Å². The molecule has 2 bridgehead atoms. The number of nitrogens with one attached hydrogen (secondary N) is 1. The zero-order valence-electron chi connectivity index (χ0n) is 13.2. The Labute approximate surface area is 138 Å². The van der Waals surface area contributed by atoms with Gasteiger partial charge in [-0.2, -0.15) is 0 Å². The van der Waals surface area contributed by atoms with Crippen molar-refractivity contribution in [2.24, 2.45) is 0 Å². The van der Waals surface area contributed by atoms with E-state index >= 15 is 0 Å². The molecule has 3 aromatic rings. The van der Waals surface area contributed by atoms with Crippen LogP contribution in [0, 0.1) is 6.92 Å². The largest absolute Gasteiger partial charge is 0.346 e. The zero-order chi connectivity index (χ0) is 16.3. The number of fused-ring (bicyclic) bond motifs is 5. The van der Waals surface area contributed by atoms with Crippen molar-refractivity contribution in [3.8, 4) is 0 Å². The molecule has 2 aliphatic rings. The normalized spacial score (nSPS) is 22.0. The molecule has 3 aromatic heterocycles. The Kier molecular flexibility index (Phi) is 2.74. The molecule has 24 heavy (non-hydrogen) atoms. The number of nitrogens with zero attached hydrogens (tertiary/aromatic N) is 5. The second-order valence-corrected chi connectivity index (χ2v) is 6.45. The first kappa shape index (κ1) is 13.6. The van der Waals surface area contributed by atoms with Gasteiger partial charge in [0.25, 0.3) is 5.91 Å². The molecule has 0 aliphatic carbocycles. The van der Waals surface area contributed by atoms with Crippen LogP contribution in [0.1, 0.15) is 46.5 Å². The minimum atomic E-state index is -0.0212. The summed E-state index contributed by atoms with van der Waals surface area (Å²) < 4.78 is 0. The SMILES string of the molecule is Cc1nc(C(=O)N2C3CCC2c2cncnc2C3)c2cc[nH]c2n1. The summed E-state index contributed by atoms with van der Waals surface area (Å²) in [6, 6.07) is 2.11. The van der Waals surface area contributed by atoms with Crippen molar-refractivity contribution in [1.29, 1.82) is 0 Å². The van der Waals surface area contributed by atoms with Crippen molar-refractivity contribution in [1.82, 2.24) is 29.8 Å². The summed E-state index contributed by atoms with van der Waals surface area (Å²) in [5.74, 6) is 0.577. The highest BCUT2D eigenvalue weighted by atomic mass is 16.2. The van der Waals surface area contributed by atoms with Gasteiger partial charge < -0.3 is 9.88 Å². The van der Waals surface area contributed by atoms with E-state index in [0.717, 1.165) is 35.9 Å². The van der Waals surface area contributed by atoms with Gasteiger partial charge in [0.1, 0.15) is 23.5 Å². The summed E-state index contributed by atoms with van der Waals surface area (Å²) in [4.78, 5) is 35.7. The number of hydrogen-bond donors (Lipinski definition) is 1. The molecule has 7 nitrogen and oxygen atoms in total. The summed E-state index contributed by atoms with van der Waals surface area (Å²) in [6.07, 6.45) is 7.98. The predicted octanol–water partition coefficient (Wildman–Crippen LogP) is 1.96. The molecule has 120 valence electrons. The molecule has 1 amide bonds. The average molecular weight is 320 g/mol. The maximum Gasteiger partial charge on any atom is 0.274 e. The Morgan fingerprint density at radius 1 is 1.33 bits per heavy atom. The molecule has 2 atom stereocenters. The minimum Gasteiger partial charge on any atom is -0.346 e. The van der Waals surface area contributed by atoms with E-state index in [0.29, 0.717) is 17.2 Å². The van der Waals surface area contributed by atoms with Gasteiger partial charge in [0.05, 0.1) is 17.1 Å². The number of hydrogen-bond acceptors (Lipinski definition) is 5. The van der Waals surface area contributed by atoms with E-state index in [1.165, 1.54) is 0 Å². The van der Waals surface area contributed by atoms with E-state index in [1.54, 1.807) is 12.5 Å². The summed E-state index contributed by atoms with van der Waals surface area (Å²) in [5, 5.41) is 0.778. The number of rotatable bonds is 1. The Hall–Kier alpha value is -2.83. The highest BCUT2D eigenvalue weighted by Crippen LogP contribution is 2.43. The van der Waals surface area contributed by atoms with E-state index in [-0.39, 0.29) is 18.0 Å². The van der Waals surface area contributed by atoms with Crippen LogP contribution >= 0.6 is 0 Å². The van der Waals surface area contributed by atoms with Crippen LogP contribution in [0.5, 0.6) is 0 Å². The van der Waals surface area contributed by atoms with Crippen molar-refractivity contribution in [2.45, 2.75) is 38.3 Å². The quantitative estimate of drug-likeness (QED) is 0.740. The summed E-state index contributed by atoms with van der Waals surface area (Å²) in [6.45, 7) is 1.81. The first-order valence-corrected chi connectivity index (χ1v) is 8.15. The van der Waals surface area contributed by atoms with Crippen molar-refractivity contribution in [2.75, 3.05) is 0 Å². The Bertz CT molecular complexity index is 965. The molecular weight excluding hydrogens is 304 g/mol. The highest BCUT2D eigenvalue weighted by Gasteiger charge is 2.44. The minimum absolute atomic E-state index is 0.0212. The van der Waals surface area contributed by atoms with Crippen molar-refractivity contribution >= 4 is 16.9 Å². The van der Waals surface area contributed by atoms with Gasteiger partial charge in [0.2, 0.25) is 0 Å². The van der Waals surface area contributed by atoms with Crippen LogP contribution < -0.4 is 0 Å². The van der Waals surface area contributed by atoms with Gasteiger partial charge in [-0.15, -0.1) is 0 Å². The Balaban J connectivity index is 1.62. The maximum absolute atomic E-state index is 13.3. The summed E-state index contributed by atoms with van der Waals surface area (Å²) in [7, 11) is 0. The highest BCUT2D eigenvalue weighted by molar-refractivity contribution is 6.04.